The van der Waals surface area contributed by atoms with Crippen molar-refractivity contribution < 1.29 is 5.11 Å². The van der Waals surface area contributed by atoms with Gasteiger partial charge in [-0.1, -0.05) is 40.2 Å². The van der Waals surface area contributed by atoms with Crippen molar-refractivity contribution in [2.45, 2.75) is 13.0 Å². The summed E-state index contributed by atoms with van der Waals surface area (Å²) in [6.07, 6.45) is 3.27. The Hall–Kier alpha value is -0.600. The van der Waals surface area contributed by atoms with Crippen LogP contribution in [0.3, 0.4) is 0 Å². The van der Waals surface area contributed by atoms with Crippen LogP contribution in [0.5, 0.6) is 0 Å². The second-order valence-electron chi connectivity index (χ2n) is 2.65. The minimum atomic E-state index is -0.381. The quantitative estimate of drug-likeness (QED) is 0.823. The van der Waals surface area contributed by atoms with E-state index in [2.05, 4.69) is 15.9 Å². The van der Waals surface area contributed by atoms with E-state index in [1.807, 2.05) is 30.3 Å². The van der Waals surface area contributed by atoms with Crippen molar-refractivity contribution >= 4 is 22.0 Å². The van der Waals surface area contributed by atoms with Gasteiger partial charge in [-0.3, -0.25) is 0 Å². The summed E-state index contributed by atoms with van der Waals surface area (Å²) in [6, 6.07) is 7.93. The van der Waals surface area contributed by atoms with Gasteiger partial charge in [-0.05, 0) is 24.6 Å². The lowest BCUT2D eigenvalue weighted by molar-refractivity contribution is 0.245. The van der Waals surface area contributed by atoms with Crippen molar-refractivity contribution in [3.8, 4) is 0 Å². The molecule has 1 unspecified atom stereocenters. The van der Waals surface area contributed by atoms with E-state index in [4.69, 9.17) is 5.11 Å². The Bertz CT molecular complexity index is 262. The molecule has 12 heavy (non-hydrogen) atoms. The third-order valence-electron chi connectivity index (χ3n) is 1.44. The van der Waals surface area contributed by atoms with Gasteiger partial charge >= 0.3 is 0 Å². The van der Waals surface area contributed by atoms with Crippen LogP contribution in [0, 0.1) is 0 Å². The van der Waals surface area contributed by atoms with Crippen LogP contribution in [0.2, 0.25) is 0 Å². The molecule has 1 atom stereocenters. The highest BCUT2D eigenvalue weighted by atomic mass is 79.9. The Balaban J connectivity index is 2.71. The summed E-state index contributed by atoms with van der Waals surface area (Å²) < 4.78 is 1.07. The van der Waals surface area contributed by atoms with Gasteiger partial charge in [0.25, 0.3) is 0 Å². The fourth-order valence-corrected chi connectivity index (χ4v) is 1.09. The Labute approximate surface area is 80.9 Å². The van der Waals surface area contributed by atoms with Crippen LogP contribution in [0.1, 0.15) is 12.5 Å². The van der Waals surface area contributed by atoms with E-state index in [9.17, 15) is 0 Å². The summed E-state index contributed by atoms with van der Waals surface area (Å²) in [5, 5.41) is 8.97. The smallest absolute Gasteiger partial charge is 0.0696 e. The van der Waals surface area contributed by atoms with Crippen molar-refractivity contribution in [1.29, 1.82) is 0 Å². The Kier molecular flexibility index (Phi) is 3.50. The molecule has 0 bridgehead atoms. The van der Waals surface area contributed by atoms with E-state index < -0.39 is 0 Å². The number of benzene rings is 1. The fraction of sp³-hybridized carbons (Fsp3) is 0.200. The molecule has 2 heteroatoms. The van der Waals surface area contributed by atoms with E-state index in [1.54, 1.807) is 13.0 Å². The van der Waals surface area contributed by atoms with Gasteiger partial charge in [0, 0.05) is 4.47 Å². The maximum absolute atomic E-state index is 8.97. The highest BCUT2D eigenvalue weighted by Crippen LogP contribution is 2.11. The Morgan fingerprint density at radius 3 is 2.42 bits per heavy atom. The lowest BCUT2D eigenvalue weighted by Crippen LogP contribution is -1.90. The lowest BCUT2D eigenvalue weighted by Gasteiger charge is -1.95. The average molecular weight is 227 g/mol. The van der Waals surface area contributed by atoms with Crippen LogP contribution in [-0.2, 0) is 0 Å². The molecular weight excluding hydrogens is 216 g/mol. The molecular formula is C10H11BrO. The SMILES string of the molecule is CC(O)/C=C/c1ccc(Br)cc1. The van der Waals surface area contributed by atoms with Gasteiger partial charge in [-0.25, -0.2) is 0 Å². The van der Waals surface area contributed by atoms with E-state index in [1.165, 1.54) is 0 Å². The number of hydrogen-bond acceptors (Lipinski definition) is 1. The lowest BCUT2D eigenvalue weighted by atomic mass is 10.2. The average Bonchev–Trinajstić information content (AvgIpc) is 2.03. The van der Waals surface area contributed by atoms with Crippen LogP contribution in [-0.4, -0.2) is 11.2 Å². The monoisotopic (exact) mass is 226 g/mol. The molecule has 0 heterocycles. The maximum Gasteiger partial charge on any atom is 0.0696 e. The summed E-state index contributed by atoms with van der Waals surface area (Å²) in [4.78, 5) is 0. The molecule has 0 saturated carbocycles. The Morgan fingerprint density at radius 1 is 1.33 bits per heavy atom. The van der Waals surface area contributed by atoms with Gasteiger partial charge in [0.1, 0.15) is 0 Å². The summed E-state index contributed by atoms with van der Waals surface area (Å²) in [6.45, 7) is 1.73. The van der Waals surface area contributed by atoms with Crippen LogP contribution < -0.4 is 0 Å². The first-order chi connectivity index (χ1) is 5.68. The summed E-state index contributed by atoms with van der Waals surface area (Å²) in [5.74, 6) is 0. The zero-order valence-electron chi connectivity index (χ0n) is 6.87. The fourth-order valence-electron chi connectivity index (χ4n) is 0.824. The first-order valence-electron chi connectivity index (χ1n) is 3.80. The highest BCUT2D eigenvalue weighted by molar-refractivity contribution is 9.10. The van der Waals surface area contributed by atoms with Gasteiger partial charge in [0.15, 0.2) is 0 Å². The van der Waals surface area contributed by atoms with Crippen LogP contribution >= 0.6 is 15.9 Å². The van der Waals surface area contributed by atoms with E-state index in [0.29, 0.717) is 0 Å². The molecule has 1 rings (SSSR count). The number of aliphatic hydroxyl groups excluding tert-OH is 1. The highest BCUT2D eigenvalue weighted by Gasteiger charge is 1.88. The molecule has 1 nitrogen and oxygen atoms in total. The number of aliphatic hydroxyl groups is 1. The normalized spacial score (nSPS) is 13.6. The molecule has 1 aromatic carbocycles. The molecule has 0 aliphatic rings. The van der Waals surface area contributed by atoms with Crippen molar-refractivity contribution in [2.24, 2.45) is 0 Å². The molecule has 0 saturated heterocycles. The van der Waals surface area contributed by atoms with Crippen LogP contribution in [0.4, 0.5) is 0 Å². The zero-order chi connectivity index (χ0) is 8.97. The topological polar surface area (TPSA) is 20.2 Å². The van der Waals surface area contributed by atoms with Crippen molar-refractivity contribution in [3.05, 3.63) is 40.4 Å². The minimum Gasteiger partial charge on any atom is -0.389 e. The minimum absolute atomic E-state index is 0.381. The van der Waals surface area contributed by atoms with Crippen LogP contribution in [0.25, 0.3) is 6.08 Å². The predicted molar refractivity (Wildman–Crippen MR) is 54.9 cm³/mol. The van der Waals surface area contributed by atoms with Gasteiger partial charge < -0.3 is 5.11 Å². The van der Waals surface area contributed by atoms with E-state index in [0.717, 1.165) is 10.0 Å². The van der Waals surface area contributed by atoms with Gasteiger partial charge in [-0.2, -0.15) is 0 Å². The molecule has 0 aliphatic carbocycles. The molecule has 0 spiro atoms. The number of hydrogen-bond donors (Lipinski definition) is 1. The van der Waals surface area contributed by atoms with Gasteiger partial charge in [0.2, 0.25) is 0 Å². The van der Waals surface area contributed by atoms with Crippen LogP contribution in [0.15, 0.2) is 34.8 Å². The second-order valence-corrected chi connectivity index (χ2v) is 3.57. The van der Waals surface area contributed by atoms with E-state index >= 15 is 0 Å². The molecule has 0 aliphatic heterocycles. The third-order valence-corrected chi connectivity index (χ3v) is 1.97. The third kappa shape index (κ3) is 3.20. The standard InChI is InChI=1S/C10H11BrO/c1-8(12)2-3-9-4-6-10(11)7-5-9/h2-8,12H,1H3/b3-2+. The molecule has 0 fully saturated rings. The van der Waals surface area contributed by atoms with Gasteiger partial charge in [0.05, 0.1) is 6.10 Å². The molecule has 1 N–H and O–H groups in total. The van der Waals surface area contributed by atoms with Crippen molar-refractivity contribution in [2.75, 3.05) is 0 Å². The molecule has 0 amide bonds. The first-order valence-corrected chi connectivity index (χ1v) is 4.59. The molecule has 0 radical (unpaired) electrons. The van der Waals surface area contributed by atoms with E-state index in [-0.39, 0.29) is 6.10 Å². The predicted octanol–water partition coefficient (Wildman–Crippen LogP) is 2.84. The first kappa shape index (κ1) is 9.49. The summed E-state index contributed by atoms with van der Waals surface area (Å²) in [7, 11) is 0. The van der Waals surface area contributed by atoms with Crippen molar-refractivity contribution in [3.63, 3.8) is 0 Å². The molecule has 1 aromatic rings. The maximum atomic E-state index is 8.97. The summed E-state index contributed by atoms with van der Waals surface area (Å²) in [5.41, 5.74) is 1.10. The molecule has 0 aromatic heterocycles. The largest absolute Gasteiger partial charge is 0.389 e. The Morgan fingerprint density at radius 2 is 1.92 bits per heavy atom. The summed E-state index contributed by atoms with van der Waals surface area (Å²) >= 11 is 3.35. The van der Waals surface area contributed by atoms with Crippen molar-refractivity contribution in [1.82, 2.24) is 0 Å². The number of halogens is 1. The zero-order valence-corrected chi connectivity index (χ0v) is 8.45. The van der Waals surface area contributed by atoms with Gasteiger partial charge in [-0.15, -0.1) is 0 Å². The molecule has 64 valence electrons. The second kappa shape index (κ2) is 4.43. The number of rotatable bonds is 2.